The normalized spacial score (nSPS) is 10.4. The summed E-state index contributed by atoms with van der Waals surface area (Å²) in [5.41, 5.74) is 6.50. The van der Waals surface area contributed by atoms with Gasteiger partial charge in [-0.05, 0) is 24.6 Å². The molecule has 0 amide bonds. The first-order valence-corrected chi connectivity index (χ1v) is 7.25. The summed E-state index contributed by atoms with van der Waals surface area (Å²) in [6.07, 6.45) is 7.02. The third kappa shape index (κ3) is 5.97. The molecule has 0 radical (unpaired) electrons. The van der Waals surface area contributed by atoms with Gasteiger partial charge in [0.2, 0.25) is 0 Å². The van der Waals surface area contributed by atoms with Crippen molar-refractivity contribution in [2.45, 2.75) is 45.4 Å². The molecule has 0 fully saturated rings. The van der Waals surface area contributed by atoms with E-state index in [9.17, 15) is 4.79 Å². The fraction of sp³-hybridized carbons (Fsp3) is 0.533. The zero-order valence-electron chi connectivity index (χ0n) is 11.5. The van der Waals surface area contributed by atoms with Gasteiger partial charge in [0.25, 0.3) is 0 Å². The maximum absolute atomic E-state index is 11.7. The van der Waals surface area contributed by atoms with Gasteiger partial charge in [-0.1, -0.05) is 50.6 Å². The number of nitrogen functional groups attached to an aromatic ring is 1. The minimum Gasteiger partial charge on any atom is -0.462 e. The fourth-order valence-electron chi connectivity index (χ4n) is 1.78. The highest BCUT2D eigenvalue weighted by Gasteiger charge is 2.08. The number of carbonyl (C=O) groups excluding carboxylic acids is 1. The Balaban J connectivity index is 2.22. The molecule has 1 aromatic carbocycles. The Bertz CT molecular complexity index is 407. The highest BCUT2D eigenvalue weighted by atomic mass is 35.5. The van der Waals surface area contributed by atoms with Crippen LogP contribution in [0.25, 0.3) is 0 Å². The SMILES string of the molecule is CCCCCCCCOC(=O)c1ccc(N)c(Cl)c1. The molecular weight excluding hydrogens is 262 g/mol. The first kappa shape index (κ1) is 15.8. The number of hydrogen-bond acceptors (Lipinski definition) is 3. The summed E-state index contributed by atoms with van der Waals surface area (Å²) in [6.45, 7) is 2.66. The molecule has 1 rings (SSSR count). The van der Waals surface area contributed by atoms with Crippen LogP contribution >= 0.6 is 11.6 Å². The average Bonchev–Trinajstić information content (AvgIpc) is 2.40. The van der Waals surface area contributed by atoms with Gasteiger partial charge in [-0.2, -0.15) is 0 Å². The molecule has 0 aliphatic rings. The standard InChI is InChI=1S/C15H22ClNO2/c1-2-3-4-5-6-7-10-19-15(18)12-8-9-14(17)13(16)11-12/h8-9,11H,2-7,10,17H2,1H3. The maximum atomic E-state index is 11.7. The Morgan fingerprint density at radius 3 is 2.58 bits per heavy atom. The molecule has 4 heteroatoms. The van der Waals surface area contributed by atoms with E-state index in [1.807, 2.05) is 0 Å². The fourth-order valence-corrected chi connectivity index (χ4v) is 1.97. The molecule has 0 saturated heterocycles. The van der Waals surface area contributed by atoms with Crippen LogP contribution in [0.3, 0.4) is 0 Å². The molecule has 0 bridgehead atoms. The second kappa shape index (κ2) is 8.81. The molecule has 0 atom stereocenters. The molecule has 19 heavy (non-hydrogen) atoms. The molecule has 2 N–H and O–H groups in total. The largest absolute Gasteiger partial charge is 0.462 e. The zero-order chi connectivity index (χ0) is 14.1. The Kier molecular flexibility index (Phi) is 7.34. The molecule has 0 aliphatic heterocycles. The lowest BCUT2D eigenvalue weighted by Crippen LogP contribution is -2.06. The number of rotatable bonds is 8. The smallest absolute Gasteiger partial charge is 0.338 e. The molecule has 1 aromatic rings. The van der Waals surface area contributed by atoms with Gasteiger partial charge in [-0.25, -0.2) is 4.79 Å². The summed E-state index contributed by atoms with van der Waals surface area (Å²) in [4.78, 5) is 11.7. The number of carbonyl (C=O) groups is 1. The Morgan fingerprint density at radius 1 is 1.21 bits per heavy atom. The van der Waals surface area contributed by atoms with Crippen molar-refractivity contribution in [3.05, 3.63) is 28.8 Å². The van der Waals surface area contributed by atoms with Crippen molar-refractivity contribution in [2.75, 3.05) is 12.3 Å². The summed E-state index contributed by atoms with van der Waals surface area (Å²) >= 11 is 5.86. The zero-order valence-corrected chi connectivity index (χ0v) is 12.2. The predicted octanol–water partition coefficient (Wildman–Crippen LogP) is 4.44. The molecule has 3 nitrogen and oxygen atoms in total. The molecule has 106 valence electrons. The summed E-state index contributed by atoms with van der Waals surface area (Å²) in [6, 6.07) is 4.79. The minimum atomic E-state index is -0.338. The van der Waals surface area contributed by atoms with E-state index in [1.165, 1.54) is 25.7 Å². The van der Waals surface area contributed by atoms with Crippen molar-refractivity contribution in [3.63, 3.8) is 0 Å². The van der Waals surface area contributed by atoms with Crippen LogP contribution in [0.1, 0.15) is 55.8 Å². The number of unbranched alkanes of at least 4 members (excludes halogenated alkanes) is 5. The van der Waals surface area contributed by atoms with Gasteiger partial charge in [0.15, 0.2) is 0 Å². The van der Waals surface area contributed by atoms with Gasteiger partial charge in [0.1, 0.15) is 0 Å². The summed E-state index contributed by atoms with van der Waals surface area (Å²) < 4.78 is 5.19. The van der Waals surface area contributed by atoms with Crippen LogP contribution in [0.4, 0.5) is 5.69 Å². The monoisotopic (exact) mass is 283 g/mol. The molecule has 0 heterocycles. The molecule has 0 spiro atoms. The van der Waals surface area contributed by atoms with Crippen molar-refractivity contribution in [3.8, 4) is 0 Å². The van der Waals surface area contributed by atoms with E-state index in [0.717, 1.165) is 12.8 Å². The topological polar surface area (TPSA) is 52.3 Å². The lowest BCUT2D eigenvalue weighted by molar-refractivity contribution is 0.0497. The van der Waals surface area contributed by atoms with Crippen LogP contribution in [0.5, 0.6) is 0 Å². The van der Waals surface area contributed by atoms with E-state index in [-0.39, 0.29) is 5.97 Å². The van der Waals surface area contributed by atoms with Crippen molar-refractivity contribution < 1.29 is 9.53 Å². The Morgan fingerprint density at radius 2 is 1.89 bits per heavy atom. The number of hydrogen-bond donors (Lipinski definition) is 1. The van der Waals surface area contributed by atoms with Gasteiger partial charge >= 0.3 is 5.97 Å². The molecule has 0 unspecified atom stereocenters. The van der Waals surface area contributed by atoms with Crippen LogP contribution in [-0.4, -0.2) is 12.6 Å². The Labute approximate surface area is 120 Å². The number of halogens is 1. The first-order valence-electron chi connectivity index (χ1n) is 6.87. The van der Waals surface area contributed by atoms with E-state index in [2.05, 4.69) is 6.92 Å². The molecule has 0 saturated carbocycles. The summed E-state index contributed by atoms with van der Waals surface area (Å²) in [7, 11) is 0. The average molecular weight is 284 g/mol. The number of ether oxygens (including phenoxy) is 1. The highest BCUT2D eigenvalue weighted by molar-refractivity contribution is 6.33. The number of anilines is 1. The third-order valence-electron chi connectivity index (χ3n) is 2.97. The van der Waals surface area contributed by atoms with Gasteiger partial charge in [0, 0.05) is 0 Å². The van der Waals surface area contributed by atoms with Gasteiger partial charge < -0.3 is 10.5 Å². The molecular formula is C15H22ClNO2. The summed E-state index contributed by atoms with van der Waals surface area (Å²) in [5.74, 6) is -0.338. The third-order valence-corrected chi connectivity index (χ3v) is 3.29. The molecule has 0 aromatic heterocycles. The first-order chi connectivity index (χ1) is 9.15. The minimum absolute atomic E-state index is 0.338. The maximum Gasteiger partial charge on any atom is 0.338 e. The Hall–Kier alpha value is -1.22. The van der Waals surface area contributed by atoms with E-state index < -0.39 is 0 Å². The number of esters is 1. The van der Waals surface area contributed by atoms with Crippen LogP contribution in [0.15, 0.2) is 18.2 Å². The van der Waals surface area contributed by atoms with Gasteiger partial charge in [0.05, 0.1) is 22.9 Å². The number of nitrogens with two attached hydrogens (primary N) is 1. The van der Waals surface area contributed by atoms with E-state index in [0.29, 0.717) is 22.9 Å². The van der Waals surface area contributed by atoms with Crippen molar-refractivity contribution in [2.24, 2.45) is 0 Å². The van der Waals surface area contributed by atoms with Gasteiger partial charge in [-0.3, -0.25) is 0 Å². The van der Waals surface area contributed by atoms with Crippen LogP contribution in [0, 0.1) is 0 Å². The second-order valence-corrected chi connectivity index (χ2v) is 5.05. The van der Waals surface area contributed by atoms with Crippen molar-refractivity contribution >= 4 is 23.3 Å². The second-order valence-electron chi connectivity index (χ2n) is 4.64. The van der Waals surface area contributed by atoms with Crippen LogP contribution in [0.2, 0.25) is 5.02 Å². The van der Waals surface area contributed by atoms with Crippen LogP contribution in [-0.2, 0) is 4.74 Å². The van der Waals surface area contributed by atoms with E-state index in [1.54, 1.807) is 18.2 Å². The quantitative estimate of drug-likeness (QED) is 0.436. The van der Waals surface area contributed by atoms with Crippen molar-refractivity contribution in [1.29, 1.82) is 0 Å². The lowest BCUT2D eigenvalue weighted by Gasteiger charge is -2.06. The molecule has 0 aliphatic carbocycles. The summed E-state index contributed by atoms with van der Waals surface area (Å²) in [5, 5.41) is 0.383. The lowest BCUT2D eigenvalue weighted by atomic mass is 10.1. The van der Waals surface area contributed by atoms with Crippen molar-refractivity contribution in [1.82, 2.24) is 0 Å². The number of benzene rings is 1. The predicted molar refractivity (Wildman–Crippen MR) is 79.5 cm³/mol. The van der Waals surface area contributed by atoms with E-state index in [4.69, 9.17) is 22.1 Å². The highest BCUT2D eigenvalue weighted by Crippen LogP contribution is 2.20. The van der Waals surface area contributed by atoms with Crippen LogP contribution < -0.4 is 5.73 Å². The van der Waals surface area contributed by atoms with E-state index >= 15 is 0 Å². The van der Waals surface area contributed by atoms with Gasteiger partial charge in [-0.15, -0.1) is 0 Å².